The molecule has 1 N–H and O–H groups in total. The summed E-state index contributed by atoms with van der Waals surface area (Å²) in [4.78, 5) is 12.7. The van der Waals surface area contributed by atoms with Crippen LogP contribution in [0.15, 0.2) is 53.5 Å². The van der Waals surface area contributed by atoms with Gasteiger partial charge < -0.3 is 14.4 Å². The van der Waals surface area contributed by atoms with Crippen molar-refractivity contribution in [2.24, 2.45) is 0 Å². The van der Waals surface area contributed by atoms with Crippen molar-refractivity contribution in [3.8, 4) is 0 Å². The van der Waals surface area contributed by atoms with Gasteiger partial charge in [0.15, 0.2) is 11.7 Å². The fraction of sp³-hybridized carbons (Fsp3) is 0.286. The van der Waals surface area contributed by atoms with Crippen LogP contribution in [0.1, 0.15) is 35.5 Å². The number of rotatable bonds is 5. The van der Waals surface area contributed by atoms with Gasteiger partial charge in [-0.1, -0.05) is 41.5 Å². The summed E-state index contributed by atoms with van der Waals surface area (Å²) in [5, 5.41) is 10.8. The first-order valence-corrected chi connectivity index (χ1v) is 8.48. The Morgan fingerprint density at radius 1 is 1.12 bits per heavy atom. The molecule has 0 amide bonds. The predicted octanol–water partition coefficient (Wildman–Crippen LogP) is 3.69. The highest BCUT2D eigenvalue weighted by Gasteiger charge is 2.16. The van der Waals surface area contributed by atoms with Crippen LogP contribution < -0.4 is 5.43 Å². The average molecular weight is 337 g/mol. The summed E-state index contributed by atoms with van der Waals surface area (Å²) in [6.45, 7) is 6.90. The van der Waals surface area contributed by atoms with Gasteiger partial charge in [0, 0.05) is 24.7 Å². The van der Waals surface area contributed by atoms with Crippen molar-refractivity contribution in [3.05, 3.63) is 81.1 Å². The summed E-state index contributed by atoms with van der Waals surface area (Å²) in [6.07, 6.45) is 0.496. The number of aliphatic hydroxyl groups is 1. The molecule has 130 valence electrons. The Morgan fingerprint density at radius 2 is 1.80 bits per heavy atom. The number of fused-ring (bicyclic) bond motifs is 1. The predicted molar refractivity (Wildman–Crippen MR) is 99.8 cm³/mol. The molecule has 4 nitrogen and oxygen atoms in total. The monoisotopic (exact) mass is 337 g/mol. The topological polar surface area (TPSA) is 51.5 Å². The first-order valence-electron chi connectivity index (χ1n) is 8.48. The standard InChI is InChI=1S/C21H23NO3/c1-4-25-21(24)18-13-22(12-16-10-14(2)9-15(3)11-16)19-8-6-5-7-17(19)20(18)23/h5-11,13,21,24H,4,12H2,1-3H3. The minimum atomic E-state index is -1.22. The van der Waals surface area contributed by atoms with Crippen LogP contribution in [0.2, 0.25) is 0 Å². The van der Waals surface area contributed by atoms with Crippen LogP contribution >= 0.6 is 0 Å². The van der Waals surface area contributed by atoms with Crippen LogP contribution in [0.25, 0.3) is 10.9 Å². The Labute approximate surface area is 147 Å². The molecule has 1 heterocycles. The van der Waals surface area contributed by atoms with Gasteiger partial charge in [0.05, 0.1) is 11.1 Å². The average Bonchev–Trinajstić information content (AvgIpc) is 2.57. The molecule has 0 aliphatic carbocycles. The van der Waals surface area contributed by atoms with E-state index in [-0.39, 0.29) is 11.0 Å². The first kappa shape index (κ1) is 17.4. The van der Waals surface area contributed by atoms with Crippen molar-refractivity contribution in [2.75, 3.05) is 6.61 Å². The number of benzene rings is 2. The van der Waals surface area contributed by atoms with Gasteiger partial charge >= 0.3 is 0 Å². The molecular formula is C21H23NO3. The molecule has 0 aliphatic rings. The fourth-order valence-corrected chi connectivity index (χ4v) is 3.28. The van der Waals surface area contributed by atoms with E-state index in [4.69, 9.17) is 4.74 Å². The molecule has 0 aliphatic heterocycles. The number of nitrogens with zero attached hydrogens (tertiary/aromatic N) is 1. The highest BCUT2D eigenvalue weighted by Crippen LogP contribution is 2.19. The van der Waals surface area contributed by atoms with Crippen LogP contribution in [-0.4, -0.2) is 16.3 Å². The third kappa shape index (κ3) is 3.65. The van der Waals surface area contributed by atoms with E-state index in [1.165, 1.54) is 11.1 Å². The largest absolute Gasteiger partial charge is 0.364 e. The Balaban J connectivity index is 2.16. The van der Waals surface area contributed by atoms with Crippen molar-refractivity contribution < 1.29 is 9.84 Å². The van der Waals surface area contributed by atoms with Gasteiger partial charge in [-0.3, -0.25) is 4.79 Å². The lowest BCUT2D eigenvalue weighted by molar-refractivity contribution is -0.0988. The smallest absolute Gasteiger partial charge is 0.197 e. The molecule has 1 atom stereocenters. The number of pyridine rings is 1. The lowest BCUT2D eigenvalue weighted by Crippen LogP contribution is -2.20. The highest BCUT2D eigenvalue weighted by atomic mass is 16.6. The van der Waals surface area contributed by atoms with Crippen molar-refractivity contribution in [1.29, 1.82) is 0 Å². The van der Waals surface area contributed by atoms with Gasteiger partial charge in [-0.25, -0.2) is 0 Å². The second-order valence-corrected chi connectivity index (χ2v) is 6.36. The van der Waals surface area contributed by atoms with E-state index < -0.39 is 6.29 Å². The van der Waals surface area contributed by atoms with Crippen LogP contribution in [0.3, 0.4) is 0 Å². The van der Waals surface area contributed by atoms with E-state index in [0.717, 1.165) is 11.1 Å². The zero-order chi connectivity index (χ0) is 18.0. The number of ether oxygens (including phenoxy) is 1. The molecule has 2 aromatic carbocycles. The molecular weight excluding hydrogens is 314 g/mol. The Kier molecular flexibility index (Phi) is 5.02. The van der Waals surface area contributed by atoms with E-state index in [0.29, 0.717) is 18.5 Å². The minimum Gasteiger partial charge on any atom is -0.364 e. The quantitative estimate of drug-likeness (QED) is 0.722. The van der Waals surface area contributed by atoms with Gasteiger partial charge in [-0.15, -0.1) is 0 Å². The van der Waals surface area contributed by atoms with Gasteiger partial charge in [-0.05, 0) is 38.5 Å². The summed E-state index contributed by atoms with van der Waals surface area (Å²) < 4.78 is 7.25. The van der Waals surface area contributed by atoms with Crippen LogP contribution in [0.5, 0.6) is 0 Å². The van der Waals surface area contributed by atoms with Crippen LogP contribution in [0, 0.1) is 13.8 Å². The van der Waals surface area contributed by atoms with E-state index in [9.17, 15) is 9.90 Å². The van der Waals surface area contributed by atoms with Crippen molar-refractivity contribution in [3.63, 3.8) is 0 Å². The Hall–Kier alpha value is -2.43. The first-order chi connectivity index (χ1) is 12.0. The molecule has 3 aromatic rings. The normalized spacial score (nSPS) is 12.5. The lowest BCUT2D eigenvalue weighted by Gasteiger charge is -2.17. The van der Waals surface area contributed by atoms with E-state index in [1.54, 1.807) is 19.2 Å². The van der Waals surface area contributed by atoms with Crippen molar-refractivity contribution in [2.45, 2.75) is 33.6 Å². The SMILES string of the molecule is CCOC(O)c1cn(Cc2cc(C)cc(C)c2)c2ccccc2c1=O. The summed E-state index contributed by atoms with van der Waals surface area (Å²) in [5.74, 6) is 0. The molecule has 0 radical (unpaired) electrons. The molecule has 25 heavy (non-hydrogen) atoms. The van der Waals surface area contributed by atoms with Crippen molar-refractivity contribution in [1.82, 2.24) is 4.57 Å². The molecule has 4 heteroatoms. The van der Waals surface area contributed by atoms with E-state index >= 15 is 0 Å². The van der Waals surface area contributed by atoms with Gasteiger partial charge in [0.2, 0.25) is 0 Å². The number of hydrogen-bond acceptors (Lipinski definition) is 3. The van der Waals surface area contributed by atoms with Crippen molar-refractivity contribution >= 4 is 10.9 Å². The van der Waals surface area contributed by atoms with Gasteiger partial charge in [-0.2, -0.15) is 0 Å². The van der Waals surface area contributed by atoms with Gasteiger partial charge in [0.1, 0.15) is 0 Å². The van der Waals surface area contributed by atoms with Gasteiger partial charge in [0.25, 0.3) is 0 Å². The molecule has 1 aromatic heterocycles. The lowest BCUT2D eigenvalue weighted by atomic mass is 10.1. The summed E-state index contributed by atoms with van der Waals surface area (Å²) in [7, 11) is 0. The Bertz CT molecular complexity index is 939. The second kappa shape index (κ2) is 7.21. The number of aryl methyl sites for hydroxylation is 2. The third-order valence-corrected chi connectivity index (χ3v) is 4.24. The Morgan fingerprint density at radius 3 is 2.48 bits per heavy atom. The van der Waals surface area contributed by atoms with E-state index in [2.05, 4.69) is 32.0 Å². The maximum absolute atomic E-state index is 12.7. The molecule has 0 bridgehead atoms. The number of para-hydroxylation sites is 1. The van der Waals surface area contributed by atoms with E-state index in [1.807, 2.05) is 22.8 Å². The molecule has 1 unspecified atom stereocenters. The summed E-state index contributed by atoms with van der Waals surface area (Å²) in [6, 6.07) is 13.9. The highest BCUT2D eigenvalue weighted by molar-refractivity contribution is 5.79. The maximum atomic E-state index is 12.7. The molecule has 0 fully saturated rings. The summed E-state index contributed by atoms with van der Waals surface area (Å²) in [5.41, 5.74) is 4.49. The molecule has 0 saturated carbocycles. The minimum absolute atomic E-state index is 0.187. The number of aromatic nitrogens is 1. The molecule has 0 saturated heterocycles. The number of hydrogen-bond donors (Lipinski definition) is 1. The zero-order valence-corrected chi connectivity index (χ0v) is 14.8. The third-order valence-electron chi connectivity index (χ3n) is 4.24. The maximum Gasteiger partial charge on any atom is 0.197 e. The zero-order valence-electron chi connectivity index (χ0n) is 14.8. The summed E-state index contributed by atoms with van der Waals surface area (Å²) >= 11 is 0. The fourth-order valence-electron chi connectivity index (χ4n) is 3.28. The molecule has 0 spiro atoms. The number of aliphatic hydroxyl groups excluding tert-OH is 1. The molecule has 3 rings (SSSR count). The second-order valence-electron chi connectivity index (χ2n) is 6.36. The van der Waals surface area contributed by atoms with Crippen LogP contribution in [0.4, 0.5) is 0 Å². The van der Waals surface area contributed by atoms with Crippen LogP contribution in [-0.2, 0) is 11.3 Å².